The van der Waals surface area contributed by atoms with Crippen molar-refractivity contribution in [2.24, 2.45) is 0 Å². The van der Waals surface area contributed by atoms with Gasteiger partial charge in [0, 0.05) is 0 Å². The van der Waals surface area contributed by atoms with E-state index in [2.05, 4.69) is 12.6 Å². The molecule has 0 aromatic carbocycles. The van der Waals surface area contributed by atoms with Gasteiger partial charge in [-0.3, -0.25) is 0 Å². The summed E-state index contributed by atoms with van der Waals surface area (Å²) >= 11 is 2.74. The van der Waals surface area contributed by atoms with E-state index in [9.17, 15) is 10.2 Å². The number of rotatable bonds is 3. The van der Waals surface area contributed by atoms with Crippen LogP contribution >= 0.6 is 12.6 Å². The number of hydrogen-bond acceptors (Lipinski definition) is 6. The first-order chi connectivity index (χ1) is 6.97. The van der Waals surface area contributed by atoms with Crippen LogP contribution in [0.4, 0.5) is 0 Å². The molecule has 0 spiro atoms. The Balaban J connectivity index is 2.66. The standard InChI is InChI=1S/C8H17AsO5S/c1-9(2)14-7-6(12)5(11)4(3-10)13-8(7)15/h4-8,10-12,15H,3H2,1-2H3/t4-,5-,6+,7-,8+/m1/s1. The molecule has 5 atom stereocenters. The first kappa shape index (κ1) is 13.8. The Hall–Kier alpha value is 0.708. The zero-order chi connectivity index (χ0) is 11.6. The first-order valence-electron chi connectivity index (χ1n) is 4.62. The summed E-state index contributed by atoms with van der Waals surface area (Å²) in [5, 5.41) is 28.3. The molecule has 0 amide bonds. The van der Waals surface area contributed by atoms with Gasteiger partial charge in [0.25, 0.3) is 0 Å². The van der Waals surface area contributed by atoms with Crippen LogP contribution in [0.5, 0.6) is 0 Å². The van der Waals surface area contributed by atoms with Gasteiger partial charge in [0.15, 0.2) is 0 Å². The number of hydrogen-bond donors (Lipinski definition) is 4. The van der Waals surface area contributed by atoms with Crippen LogP contribution in [0, 0.1) is 0 Å². The fourth-order valence-electron chi connectivity index (χ4n) is 1.43. The fourth-order valence-corrected chi connectivity index (χ4v) is 3.55. The summed E-state index contributed by atoms with van der Waals surface area (Å²) in [5.74, 6) is 0. The van der Waals surface area contributed by atoms with E-state index in [-0.39, 0.29) is 6.61 Å². The molecule has 0 saturated carbocycles. The predicted octanol–water partition coefficient (Wildman–Crippen LogP) is -1.01. The normalized spacial score (nSPS) is 42.2. The van der Waals surface area contributed by atoms with E-state index in [4.69, 9.17) is 13.6 Å². The second-order valence-corrected chi connectivity index (χ2v) is 7.97. The monoisotopic (exact) mass is 300 g/mol. The van der Waals surface area contributed by atoms with Crippen LogP contribution < -0.4 is 0 Å². The molecule has 0 aliphatic carbocycles. The number of aliphatic hydroxyl groups is 3. The van der Waals surface area contributed by atoms with Crippen LogP contribution in [0.2, 0.25) is 11.4 Å². The molecule has 7 heteroatoms. The molecule has 5 nitrogen and oxygen atoms in total. The molecule has 1 rings (SSSR count). The SMILES string of the molecule is C[As](C)O[C@@H]1[C@@H](O)[C@H](O)[C@@H](CO)O[C@H]1S. The van der Waals surface area contributed by atoms with Gasteiger partial charge in [-0.2, -0.15) is 0 Å². The van der Waals surface area contributed by atoms with E-state index in [0.29, 0.717) is 0 Å². The van der Waals surface area contributed by atoms with E-state index in [1.54, 1.807) is 0 Å². The van der Waals surface area contributed by atoms with Gasteiger partial charge in [-0.1, -0.05) is 0 Å². The molecule has 1 aliphatic heterocycles. The average Bonchev–Trinajstić information content (AvgIpc) is 2.18. The van der Waals surface area contributed by atoms with Gasteiger partial charge in [-0.25, -0.2) is 0 Å². The molecule has 90 valence electrons. The van der Waals surface area contributed by atoms with E-state index >= 15 is 0 Å². The maximum atomic E-state index is 9.77. The van der Waals surface area contributed by atoms with Gasteiger partial charge in [-0.05, 0) is 0 Å². The third-order valence-corrected chi connectivity index (χ3v) is 3.99. The van der Waals surface area contributed by atoms with Crippen molar-refractivity contribution in [2.45, 2.75) is 41.3 Å². The molecule has 0 radical (unpaired) electrons. The quantitative estimate of drug-likeness (QED) is 0.397. The Bertz CT molecular complexity index is 205. The zero-order valence-corrected chi connectivity index (χ0v) is 11.4. The van der Waals surface area contributed by atoms with Crippen molar-refractivity contribution < 1.29 is 23.8 Å². The summed E-state index contributed by atoms with van der Waals surface area (Å²) in [6.45, 7) is -0.346. The summed E-state index contributed by atoms with van der Waals surface area (Å²) in [7, 11) is 0. The molecule has 0 aromatic heterocycles. The summed E-state index contributed by atoms with van der Waals surface area (Å²) in [6.07, 6.45) is -3.61. The van der Waals surface area contributed by atoms with Gasteiger partial charge in [0.2, 0.25) is 0 Å². The van der Waals surface area contributed by atoms with Crippen LogP contribution in [0.25, 0.3) is 0 Å². The van der Waals surface area contributed by atoms with Crippen LogP contribution in [0.1, 0.15) is 0 Å². The van der Waals surface area contributed by atoms with Crippen molar-refractivity contribution in [3.63, 3.8) is 0 Å². The number of aliphatic hydroxyl groups excluding tert-OH is 3. The van der Waals surface area contributed by atoms with E-state index in [1.807, 2.05) is 11.4 Å². The molecule has 1 saturated heterocycles. The van der Waals surface area contributed by atoms with Gasteiger partial charge >= 0.3 is 99.3 Å². The molecule has 15 heavy (non-hydrogen) atoms. The van der Waals surface area contributed by atoms with Gasteiger partial charge in [0.05, 0.1) is 0 Å². The third-order valence-electron chi connectivity index (χ3n) is 2.18. The molecule has 0 aromatic rings. The van der Waals surface area contributed by atoms with Crippen molar-refractivity contribution >= 4 is 27.6 Å². The summed E-state index contributed by atoms with van der Waals surface area (Å²) in [5.41, 5.74) is 3.31. The van der Waals surface area contributed by atoms with Crippen LogP contribution in [-0.2, 0) is 8.46 Å². The Morgan fingerprint density at radius 3 is 2.40 bits per heavy atom. The minimum atomic E-state index is -1.40. The molecular weight excluding hydrogens is 283 g/mol. The van der Waals surface area contributed by atoms with Gasteiger partial charge in [0.1, 0.15) is 0 Å². The Morgan fingerprint density at radius 2 is 1.93 bits per heavy atom. The van der Waals surface area contributed by atoms with E-state index in [1.165, 1.54) is 0 Å². The van der Waals surface area contributed by atoms with Crippen LogP contribution in [-0.4, -0.2) is 66.8 Å². The maximum absolute atomic E-state index is 9.77. The van der Waals surface area contributed by atoms with Crippen LogP contribution in [0.3, 0.4) is 0 Å². The topological polar surface area (TPSA) is 79.2 Å². The van der Waals surface area contributed by atoms with Crippen molar-refractivity contribution in [3.8, 4) is 0 Å². The van der Waals surface area contributed by atoms with Gasteiger partial charge < -0.3 is 0 Å². The Kier molecular flexibility index (Phi) is 5.39. The van der Waals surface area contributed by atoms with Crippen LogP contribution in [0.15, 0.2) is 0 Å². The molecule has 1 fully saturated rings. The van der Waals surface area contributed by atoms with E-state index in [0.717, 1.165) is 0 Å². The average molecular weight is 300 g/mol. The number of thiol groups is 1. The fraction of sp³-hybridized carbons (Fsp3) is 1.00. The molecule has 1 aliphatic rings. The van der Waals surface area contributed by atoms with E-state index < -0.39 is 44.8 Å². The first-order valence-corrected chi connectivity index (χ1v) is 9.65. The van der Waals surface area contributed by atoms with Crippen molar-refractivity contribution in [1.82, 2.24) is 0 Å². The Morgan fingerprint density at radius 1 is 1.33 bits per heavy atom. The summed E-state index contributed by atoms with van der Waals surface area (Å²) in [6, 6.07) is 0. The molecule has 0 bridgehead atoms. The second-order valence-electron chi connectivity index (χ2n) is 3.61. The zero-order valence-electron chi connectivity index (χ0n) is 8.65. The summed E-state index contributed by atoms with van der Waals surface area (Å²) < 4.78 is 10.8. The summed E-state index contributed by atoms with van der Waals surface area (Å²) in [4.78, 5) is 0. The third kappa shape index (κ3) is 3.33. The molecule has 1 heterocycles. The van der Waals surface area contributed by atoms with Gasteiger partial charge in [-0.15, -0.1) is 0 Å². The minimum absolute atomic E-state index is 0.346. The second kappa shape index (κ2) is 5.87. The number of ether oxygens (including phenoxy) is 1. The van der Waals surface area contributed by atoms with Crippen molar-refractivity contribution in [1.29, 1.82) is 0 Å². The predicted molar refractivity (Wildman–Crippen MR) is 59.1 cm³/mol. The molecule has 3 N–H and O–H groups in total. The Labute approximate surface area is 99.4 Å². The van der Waals surface area contributed by atoms with Crippen molar-refractivity contribution in [3.05, 3.63) is 0 Å². The molecule has 0 unspecified atom stereocenters. The van der Waals surface area contributed by atoms with Crippen molar-refractivity contribution in [2.75, 3.05) is 6.61 Å². The molecular formula is C8H17AsO5S.